The lowest BCUT2D eigenvalue weighted by Gasteiger charge is -2.21. The standard InChI is InChI=1S/C23H27BrO/c1-2-22(18-8-6-7-9-18)23(19-10-4-3-5-11-19)20-12-14-21(15-13-20)25-17-16-24/h3-5,10-15,18H,2,6-9,16-17H2,1H3. The summed E-state index contributed by atoms with van der Waals surface area (Å²) in [4.78, 5) is 0. The van der Waals surface area contributed by atoms with Crippen LogP contribution in [0.4, 0.5) is 0 Å². The van der Waals surface area contributed by atoms with Gasteiger partial charge in [0.2, 0.25) is 0 Å². The zero-order chi connectivity index (χ0) is 17.5. The van der Waals surface area contributed by atoms with Crippen molar-refractivity contribution >= 4 is 21.5 Å². The summed E-state index contributed by atoms with van der Waals surface area (Å²) in [5.41, 5.74) is 5.70. The van der Waals surface area contributed by atoms with Gasteiger partial charge in [-0.15, -0.1) is 0 Å². The molecular formula is C23H27BrO. The third-order valence-corrected chi connectivity index (χ3v) is 5.43. The number of halogens is 1. The maximum absolute atomic E-state index is 5.72. The van der Waals surface area contributed by atoms with Gasteiger partial charge in [0.05, 0.1) is 6.61 Å². The van der Waals surface area contributed by atoms with Gasteiger partial charge in [-0.25, -0.2) is 0 Å². The Morgan fingerprint density at radius 1 is 0.960 bits per heavy atom. The van der Waals surface area contributed by atoms with Gasteiger partial charge in [-0.05, 0) is 54.0 Å². The van der Waals surface area contributed by atoms with E-state index in [9.17, 15) is 0 Å². The van der Waals surface area contributed by atoms with Crippen LogP contribution in [0.15, 0.2) is 60.2 Å². The highest BCUT2D eigenvalue weighted by Gasteiger charge is 2.22. The molecule has 2 aromatic rings. The van der Waals surface area contributed by atoms with Crippen LogP contribution in [-0.2, 0) is 0 Å². The molecule has 0 bridgehead atoms. The second kappa shape index (κ2) is 9.24. The van der Waals surface area contributed by atoms with E-state index in [2.05, 4.69) is 77.5 Å². The number of alkyl halides is 1. The number of hydrogen-bond acceptors (Lipinski definition) is 1. The number of ether oxygens (including phenoxy) is 1. The molecule has 0 radical (unpaired) electrons. The fourth-order valence-corrected chi connectivity index (χ4v) is 4.12. The lowest BCUT2D eigenvalue weighted by molar-refractivity contribution is 0.345. The number of rotatable bonds is 7. The Labute approximate surface area is 160 Å². The fourth-order valence-electron chi connectivity index (χ4n) is 3.96. The molecule has 0 saturated heterocycles. The van der Waals surface area contributed by atoms with Gasteiger partial charge < -0.3 is 4.74 Å². The number of allylic oxidation sites excluding steroid dienone is 1. The monoisotopic (exact) mass is 398 g/mol. The van der Waals surface area contributed by atoms with Crippen molar-refractivity contribution in [2.45, 2.75) is 39.0 Å². The molecule has 25 heavy (non-hydrogen) atoms. The Balaban J connectivity index is 2.02. The molecule has 0 amide bonds. The minimum atomic E-state index is 0.697. The number of hydrogen-bond donors (Lipinski definition) is 0. The zero-order valence-electron chi connectivity index (χ0n) is 15.0. The lowest BCUT2D eigenvalue weighted by atomic mass is 9.84. The van der Waals surface area contributed by atoms with E-state index in [1.54, 1.807) is 5.57 Å². The molecule has 0 N–H and O–H groups in total. The molecule has 2 heteroatoms. The summed E-state index contributed by atoms with van der Waals surface area (Å²) in [6.07, 6.45) is 6.54. The molecule has 3 rings (SSSR count). The Hall–Kier alpha value is -1.54. The van der Waals surface area contributed by atoms with Gasteiger partial charge in [0.15, 0.2) is 0 Å². The summed E-state index contributed by atoms with van der Waals surface area (Å²) < 4.78 is 5.72. The molecule has 1 fully saturated rings. The van der Waals surface area contributed by atoms with Crippen LogP contribution in [0.3, 0.4) is 0 Å². The smallest absolute Gasteiger partial charge is 0.119 e. The first-order valence-corrected chi connectivity index (χ1v) is 10.5. The fraction of sp³-hybridized carbons (Fsp3) is 0.391. The van der Waals surface area contributed by atoms with Crippen molar-refractivity contribution in [1.29, 1.82) is 0 Å². The summed E-state index contributed by atoms with van der Waals surface area (Å²) >= 11 is 3.41. The van der Waals surface area contributed by atoms with Crippen LogP contribution in [0, 0.1) is 5.92 Å². The van der Waals surface area contributed by atoms with Gasteiger partial charge in [-0.2, -0.15) is 0 Å². The molecule has 0 unspecified atom stereocenters. The van der Waals surface area contributed by atoms with Gasteiger partial charge in [0.1, 0.15) is 5.75 Å². The SMILES string of the molecule is CCC(=C(c1ccccc1)c1ccc(OCCBr)cc1)C1CCCC1. The van der Waals surface area contributed by atoms with Crippen molar-refractivity contribution < 1.29 is 4.74 Å². The summed E-state index contributed by atoms with van der Waals surface area (Å²) in [6.45, 7) is 3.01. The molecule has 0 spiro atoms. The maximum Gasteiger partial charge on any atom is 0.119 e. The molecule has 0 atom stereocenters. The van der Waals surface area contributed by atoms with Gasteiger partial charge >= 0.3 is 0 Å². The van der Waals surface area contributed by atoms with E-state index in [1.807, 2.05) is 0 Å². The van der Waals surface area contributed by atoms with E-state index in [0.717, 1.165) is 23.4 Å². The Kier molecular flexibility index (Phi) is 6.75. The molecule has 1 aliphatic carbocycles. The molecule has 2 aromatic carbocycles. The van der Waals surface area contributed by atoms with Crippen molar-refractivity contribution in [2.24, 2.45) is 5.92 Å². The van der Waals surface area contributed by atoms with E-state index < -0.39 is 0 Å². The second-order valence-electron chi connectivity index (χ2n) is 6.66. The molecule has 0 aromatic heterocycles. The van der Waals surface area contributed by atoms with E-state index in [4.69, 9.17) is 4.74 Å². The molecule has 0 aliphatic heterocycles. The quantitative estimate of drug-likeness (QED) is 0.462. The molecule has 1 saturated carbocycles. The molecular weight excluding hydrogens is 372 g/mol. The lowest BCUT2D eigenvalue weighted by Crippen LogP contribution is -2.04. The van der Waals surface area contributed by atoms with E-state index >= 15 is 0 Å². The van der Waals surface area contributed by atoms with Crippen LogP contribution in [0.5, 0.6) is 5.75 Å². The van der Waals surface area contributed by atoms with E-state index in [-0.39, 0.29) is 0 Å². The minimum absolute atomic E-state index is 0.697. The van der Waals surface area contributed by atoms with Crippen molar-refractivity contribution in [2.75, 3.05) is 11.9 Å². The maximum atomic E-state index is 5.72. The van der Waals surface area contributed by atoms with Crippen LogP contribution in [0.1, 0.15) is 50.2 Å². The van der Waals surface area contributed by atoms with Crippen molar-refractivity contribution in [3.05, 3.63) is 71.3 Å². The van der Waals surface area contributed by atoms with Crippen LogP contribution in [0.25, 0.3) is 5.57 Å². The summed E-state index contributed by atoms with van der Waals surface area (Å²) in [7, 11) is 0. The first-order chi connectivity index (χ1) is 12.3. The van der Waals surface area contributed by atoms with Gasteiger partial charge in [0.25, 0.3) is 0 Å². The largest absolute Gasteiger partial charge is 0.493 e. The van der Waals surface area contributed by atoms with Gasteiger partial charge in [-0.1, -0.05) is 83.7 Å². The zero-order valence-corrected chi connectivity index (χ0v) is 16.6. The van der Waals surface area contributed by atoms with Crippen molar-refractivity contribution in [3.63, 3.8) is 0 Å². The second-order valence-corrected chi connectivity index (χ2v) is 7.46. The Morgan fingerprint density at radius 3 is 2.20 bits per heavy atom. The summed E-state index contributed by atoms with van der Waals surface area (Å²) in [6, 6.07) is 19.5. The van der Waals surface area contributed by atoms with Gasteiger partial charge in [0, 0.05) is 5.33 Å². The first-order valence-electron chi connectivity index (χ1n) is 9.41. The highest BCUT2D eigenvalue weighted by atomic mass is 79.9. The van der Waals surface area contributed by atoms with Crippen LogP contribution >= 0.6 is 15.9 Å². The van der Waals surface area contributed by atoms with Crippen molar-refractivity contribution in [3.8, 4) is 5.75 Å². The third kappa shape index (κ3) is 4.55. The van der Waals surface area contributed by atoms with Crippen LogP contribution in [0.2, 0.25) is 0 Å². The molecule has 0 heterocycles. The summed E-state index contributed by atoms with van der Waals surface area (Å²) in [5.74, 6) is 1.68. The van der Waals surface area contributed by atoms with E-state index in [1.165, 1.54) is 42.4 Å². The normalized spacial score (nSPS) is 15.9. The average Bonchev–Trinajstić information content (AvgIpc) is 3.20. The number of benzene rings is 2. The van der Waals surface area contributed by atoms with Crippen LogP contribution in [-0.4, -0.2) is 11.9 Å². The Morgan fingerprint density at radius 2 is 1.60 bits per heavy atom. The van der Waals surface area contributed by atoms with Crippen molar-refractivity contribution in [1.82, 2.24) is 0 Å². The predicted molar refractivity (Wildman–Crippen MR) is 110 cm³/mol. The first kappa shape index (κ1) is 18.3. The predicted octanol–water partition coefficient (Wildman–Crippen LogP) is 6.86. The van der Waals surface area contributed by atoms with Gasteiger partial charge in [-0.3, -0.25) is 0 Å². The average molecular weight is 399 g/mol. The highest BCUT2D eigenvalue weighted by molar-refractivity contribution is 9.09. The molecule has 132 valence electrons. The molecule has 1 nitrogen and oxygen atoms in total. The van der Waals surface area contributed by atoms with Crippen LogP contribution < -0.4 is 4.74 Å². The third-order valence-electron chi connectivity index (χ3n) is 5.10. The minimum Gasteiger partial charge on any atom is -0.493 e. The molecule has 1 aliphatic rings. The highest BCUT2D eigenvalue weighted by Crippen LogP contribution is 2.39. The Bertz CT molecular complexity index is 682. The van der Waals surface area contributed by atoms with E-state index in [0.29, 0.717) is 6.61 Å². The topological polar surface area (TPSA) is 9.23 Å². The summed E-state index contributed by atoms with van der Waals surface area (Å²) in [5, 5.41) is 0.853.